The summed E-state index contributed by atoms with van der Waals surface area (Å²) in [5, 5.41) is 2.77. The van der Waals surface area contributed by atoms with Crippen LogP contribution < -0.4 is 10.1 Å². The van der Waals surface area contributed by atoms with Gasteiger partial charge in [0.05, 0.1) is 19.1 Å². The van der Waals surface area contributed by atoms with Gasteiger partial charge in [0.1, 0.15) is 5.75 Å². The first-order chi connectivity index (χ1) is 13.9. The average molecular weight is 462 g/mol. The number of ether oxygens (including phenoxy) is 2. The lowest BCUT2D eigenvalue weighted by Gasteiger charge is -2.14. The van der Waals surface area contributed by atoms with E-state index in [1.165, 1.54) is 0 Å². The second-order valence-electron chi connectivity index (χ2n) is 6.38. The molecular formula is C22H24BrNO5. The first kappa shape index (κ1) is 22.6. The summed E-state index contributed by atoms with van der Waals surface area (Å²) >= 11 is 3.36. The van der Waals surface area contributed by atoms with E-state index in [1.54, 1.807) is 24.3 Å². The van der Waals surface area contributed by atoms with Crippen molar-refractivity contribution in [1.29, 1.82) is 0 Å². The third-order valence-corrected chi connectivity index (χ3v) is 4.68. The lowest BCUT2D eigenvalue weighted by atomic mass is 10.1. The van der Waals surface area contributed by atoms with Crippen molar-refractivity contribution in [2.24, 2.45) is 0 Å². The maximum Gasteiger partial charge on any atom is 0.306 e. The first-order valence-electron chi connectivity index (χ1n) is 9.35. The Morgan fingerprint density at radius 1 is 1.00 bits per heavy atom. The van der Waals surface area contributed by atoms with Crippen molar-refractivity contribution in [3.05, 3.63) is 64.1 Å². The molecule has 0 heterocycles. The van der Waals surface area contributed by atoms with Crippen LogP contribution in [0, 0.1) is 0 Å². The highest BCUT2D eigenvalue weighted by atomic mass is 79.9. The minimum absolute atomic E-state index is 0.0176. The monoisotopic (exact) mass is 461 g/mol. The Bertz CT molecular complexity index is 833. The fourth-order valence-electron chi connectivity index (χ4n) is 2.60. The quantitative estimate of drug-likeness (QED) is 0.422. The number of carbonyl (C=O) groups excluding carboxylic acids is 3. The summed E-state index contributed by atoms with van der Waals surface area (Å²) in [5.74, 6) is -0.465. The second-order valence-corrected chi connectivity index (χ2v) is 7.30. The summed E-state index contributed by atoms with van der Waals surface area (Å²) in [5.41, 5.74) is 1.44. The van der Waals surface area contributed by atoms with Gasteiger partial charge in [0.15, 0.2) is 12.4 Å². The molecule has 0 spiro atoms. The van der Waals surface area contributed by atoms with Crippen LogP contribution in [0.4, 0.5) is 0 Å². The van der Waals surface area contributed by atoms with Gasteiger partial charge in [-0.25, -0.2) is 0 Å². The summed E-state index contributed by atoms with van der Waals surface area (Å²) in [7, 11) is 0. The predicted octanol–water partition coefficient (Wildman–Crippen LogP) is 4.23. The maximum atomic E-state index is 12.2. The third-order valence-electron chi connectivity index (χ3n) is 4.16. The molecule has 0 aliphatic rings. The van der Waals surface area contributed by atoms with E-state index in [4.69, 9.17) is 9.47 Å². The van der Waals surface area contributed by atoms with E-state index in [0.29, 0.717) is 17.9 Å². The van der Waals surface area contributed by atoms with Crippen LogP contribution in [0.25, 0.3) is 0 Å². The molecule has 0 aliphatic carbocycles. The van der Waals surface area contributed by atoms with E-state index < -0.39 is 11.9 Å². The molecule has 1 unspecified atom stereocenters. The summed E-state index contributed by atoms with van der Waals surface area (Å²) < 4.78 is 11.2. The number of hydrogen-bond donors (Lipinski definition) is 1. The standard InChI is InChI=1S/C22H24BrNO5/c1-3-28-19-10-6-17(7-11-19)20(25)12-13-22(27)29-14-21(26)24-15(2)16-4-8-18(23)9-5-16/h4-11,15H,3,12-14H2,1-2H3,(H,24,26). The van der Waals surface area contributed by atoms with Crippen LogP contribution in [0.5, 0.6) is 5.75 Å². The Balaban J connectivity index is 1.71. The summed E-state index contributed by atoms with van der Waals surface area (Å²) in [6, 6.07) is 14.1. The van der Waals surface area contributed by atoms with Crippen molar-refractivity contribution < 1.29 is 23.9 Å². The fourth-order valence-corrected chi connectivity index (χ4v) is 2.86. The van der Waals surface area contributed by atoms with Crippen molar-refractivity contribution in [2.75, 3.05) is 13.2 Å². The molecule has 0 fully saturated rings. The molecule has 1 amide bonds. The molecule has 0 bridgehead atoms. The van der Waals surface area contributed by atoms with Gasteiger partial charge >= 0.3 is 5.97 Å². The number of nitrogens with one attached hydrogen (secondary N) is 1. The van der Waals surface area contributed by atoms with Crippen molar-refractivity contribution in [3.8, 4) is 5.75 Å². The Morgan fingerprint density at radius 3 is 2.28 bits per heavy atom. The highest BCUT2D eigenvalue weighted by Gasteiger charge is 2.14. The van der Waals surface area contributed by atoms with Crippen LogP contribution in [0.2, 0.25) is 0 Å². The summed E-state index contributed by atoms with van der Waals surface area (Å²) in [6.07, 6.45) is -0.0642. The molecule has 2 rings (SSSR count). The van der Waals surface area contributed by atoms with Crippen LogP contribution in [0.3, 0.4) is 0 Å². The van der Waals surface area contributed by atoms with Crippen LogP contribution in [-0.2, 0) is 14.3 Å². The molecule has 6 nitrogen and oxygen atoms in total. The number of amides is 1. The molecule has 0 saturated heterocycles. The van der Waals surface area contributed by atoms with Gasteiger partial charge in [-0.3, -0.25) is 14.4 Å². The molecule has 1 N–H and O–H groups in total. The number of rotatable bonds is 10. The van der Waals surface area contributed by atoms with Gasteiger partial charge in [-0.1, -0.05) is 28.1 Å². The molecule has 0 aliphatic heterocycles. The lowest BCUT2D eigenvalue weighted by molar-refractivity contribution is -0.148. The lowest BCUT2D eigenvalue weighted by Crippen LogP contribution is -2.31. The van der Waals surface area contributed by atoms with Crippen molar-refractivity contribution in [3.63, 3.8) is 0 Å². The third kappa shape index (κ3) is 7.69. The van der Waals surface area contributed by atoms with E-state index in [2.05, 4.69) is 21.2 Å². The molecule has 2 aromatic rings. The SMILES string of the molecule is CCOc1ccc(C(=O)CCC(=O)OCC(=O)NC(C)c2ccc(Br)cc2)cc1. The number of esters is 1. The van der Waals surface area contributed by atoms with Gasteiger partial charge < -0.3 is 14.8 Å². The largest absolute Gasteiger partial charge is 0.494 e. The van der Waals surface area contributed by atoms with Gasteiger partial charge in [0.25, 0.3) is 5.91 Å². The van der Waals surface area contributed by atoms with E-state index >= 15 is 0 Å². The van der Waals surface area contributed by atoms with Crippen molar-refractivity contribution in [1.82, 2.24) is 5.32 Å². The summed E-state index contributed by atoms with van der Waals surface area (Å²) in [6.45, 7) is 3.90. The Labute approximate surface area is 178 Å². The van der Waals surface area contributed by atoms with E-state index in [-0.39, 0.29) is 31.3 Å². The van der Waals surface area contributed by atoms with Gasteiger partial charge in [-0.2, -0.15) is 0 Å². The molecule has 7 heteroatoms. The molecule has 2 aromatic carbocycles. The smallest absolute Gasteiger partial charge is 0.306 e. The first-order valence-corrected chi connectivity index (χ1v) is 10.1. The molecular weight excluding hydrogens is 438 g/mol. The van der Waals surface area contributed by atoms with E-state index in [1.807, 2.05) is 38.1 Å². The van der Waals surface area contributed by atoms with Gasteiger partial charge in [0, 0.05) is 16.5 Å². The normalized spacial score (nSPS) is 11.4. The number of Topliss-reactive ketones (excluding diaryl/α,β-unsaturated/α-hetero) is 1. The van der Waals surface area contributed by atoms with Gasteiger partial charge in [0.2, 0.25) is 0 Å². The molecule has 1 atom stereocenters. The zero-order chi connectivity index (χ0) is 21.2. The maximum absolute atomic E-state index is 12.2. The zero-order valence-corrected chi connectivity index (χ0v) is 18.0. The fraction of sp³-hybridized carbons (Fsp3) is 0.318. The Hall–Kier alpha value is -2.67. The van der Waals surface area contributed by atoms with E-state index in [0.717, 1.165) is 10.0 Å². The zero-order valence-electron chi connectivity index (χ0n) is 16.4. The molecule has 0 radical (unpaired) electrons. The highest BCUT2D eigenvalue weighted by molar-refractivity contribution is 9.10. The van der Waals surface area contributed by atoms with Crippen LogP contribution in [-0.4, -0.2) is 30.9 Å². The van der Waals surface area contributed by atoms with Gasteiger partial charge in [-0.15, -0.1) is 0 Å². The van der Waals surface area contributed by atoms with Crippen molar-refractivity contribution >= 4 is 33.6 Å². The number of carbonyl (C=O) groups is 3. The summed E-state index contributed by atoms with van der Waals surface area (Å²) in [4.78, 5) is 36.0. The average Bonchev–Trinajstić information content (AvgIpc) is 2.71. The number of benzene rings is 2. The van der Waals surface area contributed by atoms with Crippen LogP contribution in [0.15, 0.2) is 53.0 Å². The second kappa shape index (κ2) is 11.4. The topological polar surface area (TPSA) is 81.7 Å². The minimum atomic E-state index is -0.587. The van der Waals surface area contributed by atoms with Gasteiger partial charge in [-0.05, 0) is 55.8 Å². The number of ketones is 1. The molecule has 0 aromatic heterocycles. The Morgan fingerprint density at radius 2 is 1.66 bits per heavy atom. The van der Waals surface area contributed by atoms with Crippen LogP contribution >= 0.6 is 15.9 Å². The highest BCUT2D eigenvalue weighted by Crippen LogP contribution is 2.16. The predicted molar refractivity (Wildman–Crippen MR) is 113 cm³/mol. The minimum Gasteiger partial charge on any atom is -0.494 e. The molecule has 154 valence electrons. The number of halogens is 1. The van der Waals surface area contributed by atoms with Crippen molar-refractivity contribution in [2.45, 2.75) is 32.7 Å². The van der Waals surface area contributed by atoms with Crippen LogP contribution in [0.1, 0.15) is 48.7 Å². The Kier molecular flexibility index (Phi) is 8.86. The molecule has 0 saturated carbocycles. The molecule has 29 heavy (non-hydrogen) atoms. The number of hydrogen-bond acceptors (Lipinski definition) is 5. The van der Waals surface area contributed by atoms with E-state index in [9.17, 15) is 14.4 Å².